The first-order valence-corrected chi connectivity index (χ1v) is 4.26. The van der Waals surface area contributed by atoms with Crippen LogP contribution in [-0.4, -0.2) is 24.9 Å². The summed E-state index contributed by atoms with van der Waals surface area (Å²) in [6.07, 6.45) is -11.4. The van der Waals surface area contributed by atoms with Gasteiger partial charge in [0.15, 0.2) is 0 Å². The van der Waals surface area contributed by atoms with Crippen LogP contribution in [0.4, 0.5) is 26.3 Å². The number of carbonyl (C=O) groups excluding carboxylic acids is 1. The molecule has 0 atom stereocenters. The highest BCUT2D eigenvalue weighted by molar-refractivity contribution is 5.74. The molecular weight excluding hydrogens is 242 g/mol. The molecule has 0 aliphatic rings. The zero-order chi connectivity index (χ0) is 13.1. The van der Waals surface area contributed by atoms with Crippen LogP contribution < -0.4 is 0 Å². The summed E-state index contributed by atoms with van der Waals surface area (Å²) in [5.74, 6) is -6.72. The van der Waals surface area contributed by atoms with Crippen molar-refractivity contribution in [1.82, 2.24) is 0 Å². The maximum atomic E-state index is 12.0. The third-order valence-corrected chi connectivity index (χ3v) is 1.45. The van der Waals surface area contributed by atoms with E-state index >= 15 is 0 Å². The lowest BCUT2D eigenvalue weighted by molar-refractivity contribution is -0.282. The van der Waals surface area contributed by atoms with E-state index in [9.17, 15) is 31.1 Å². The third kappa shape index (κ3) is 4.71. The maximum Gasteiger partial charge on any atom is 0.411 e. The Balaban J connectivity index is 4.74. The standard InChI is InChI=1S/C8H10F6O2/c1-4(2)3-16-6(15)5(7(9,10)11)8(12,13)14/h4-5H,3H2,1-2H3. The molecule has 0 aromatic rings. The summed E-state index contributed by atoms with van der Waals surface area (Å²) in [6, 6.07) is 0. The van der Waals surface area contributed by atoms with Gasteiger partial charge in [-0.15, -0.1) is 0 Å². The first-order chi connectivity index (χ1) is 6.96. The molecule has 16 heavy (non-hydrogen) atoms. The number of rotatable bonds is 3. The largest absolute Gasteiger partial charge is 0.465 e. The van der Waals surface area contributed by atoms with Gasteiger partial charge in [-0.05, 0) is 5.92 Å². The molecule has 0 spiro atoms. The summed E-state index contributed by atoms with van der Waals surface area (Å²) in [4.78, 5) is 10.7. The van der Waals surface area contributed by atoms with Crippen molar-refractivity contribution in [1.29, 1.82) is 0 Å². The molecule has 0 amide bonds. The van der Waals surface area contributed by atoms with Gasteiger partial charge in [-0.3, -0.25) is 4.79 Å². The number of hydrogen-bond acceptors (Lipinski definition) is 2. The van der Waals surface area contributed by atoms with Gasteiger partial charge in [-0.1, -0.05) is 13.8 Å². The molecule has 0 rings (SSSR count). The summed E-state index contributed by atoms with van der Waals surface area (Å²) >= 11 is 0. The van der Waals surface area contributed by atoms with E-state index in [1.165, 1.54) is 13.8 Å². The minimum Gasteiger partial charge on any atom is -0.465 e. The predicted molar refractivity (Wildman–Crippen MR) is 41.4 cm³/mol. The van der Waals surface area contributed by atoms with E-state index in [0.717, 1.165) is 0 Å². The number of carbonyl (C=O) groups is 1. The van der Waals surface area contributed by atoms with Crippen molar-refractivity contribution < 1.29 is 35.9 Å². The van der Waals surface area contributed by atoms with E-state index in [2.05, 4.69) is 4.74 Å². The Morgan fingerprint density at radius 2 is 1.44 bits per heavy atom. The molecule has 0 unspecified atom stereocenters. The van der Waals surface area contributed by atoms with Crippen molar-refractivity contribution >= 4 is 5.97 Å². The molecule has 0 saturated heterocycles. The van der Waals surface area contributed by atoms with Crippen molar-refractivity contribution in [3.05, 3.63) is 0 Å². The fourth-order valence-electron chi connectivity index (χ4n) is 0.785. The maximum absolute atomic E-state index is 12.0. The molecule has 0 aromatic heterocycles. The van der Waals surface area contributed by atoms with Crippen LogP contribution in [0.15, 0.2) is 0 Å². The zero-order valence-electron chi connectivity index (χ0n) is 8.45. The van der Waals surface area contributed by atoms with Gasteiger partial charge in [0.1, 0.15) is 0 Å². The van der Waals surface area contributed by atoms with E-state index in [4.69, 9.17) is 0 Å². The molecule has 2 nitrogen and oxygen atoms in total. The van der Waals surface area contributed by atoms with Gasteiger partial charge < -0.3 is 4.74 Å². The number of alkyl halides is 6. The van der Waals surface area contributed by atoms with Crippen molar-refractivity contribution in [2.45, 2.75) is 26.2 Å². The molecular formula is C8H10F6O2. The molecule has 0 aromatic carbocycles. The molecule has 0 N–H and O–H groups in total. The van der Waals surface area contributed by atoms with Crippen molar-refractivity contribution in [2.24, 2.45) is 11.8 Å². The SMILES string of the molecule is CC(C)COC(=O)C(C(F)(F)F)C(F)(F)F. The van der Waals surface area contributed by atoms with Crippen LogP contribution >= 0.6 is 0 Å². The Kier molecular flexibility index (Phi) is 4.63. The van der Waals surface area contributed by atoms with Crippen LogP contribution in [0.2, 0.25) is 0 Å². The fraction of sp³-hybridized carbons (Fsp3) is 0.875. The van der Waals surface area contributed by atoms with Crippen molar-refractivity contribution in [3.8, 4) is 0 Å². The molecule has 0 saturated carbocycles. The lowest BCUT2D eigenvalue weighted by Crippen LogP contribution is -2.43. The lowest BCUT2D eigenvalue weighted by Gasteiger charge is -2.21. The Morgan fingerprint density at radius 3 is 1.69 bits per heavy atom. The highest BCUT2D eigenvalue weighted by atomic mass is 19.4. The summed E-state index contributed by atoms with van der Waals surface area (Å²) in [7, 11) is 0. The van der Waals surface area contributed by atoms with Gasteiger partial charge in [-0.2, -0.15) is 26.3 Å². The molecule has 0 aliphatic heterocycles. The lowest BCUT2D eigenvalue weighted by atomic mass is 10.1. The van der Waals surface area contributed by atoms with Crippen LogP contribution in [-0.2, 0) is 9.53 Å². The van der Waals surface area contributed by atoms with Crippen LogP contribution in [0, 0.1) is 11.8 Å². The molecule has 0 aliphatic carbocycles. The van der Waals surface area contributed by atoms with Gasteiger partial charge >= 0.3 is 18.3 Å². The van der Waals surface area contributed by atoms with Gasteiger partial charge in [0.2, 0.25) is 5.92 Å². The first kappa shape index (κ1) is 15.0. The van der Waals surface area contributed by atoms with Crippen molar-refractivity contribution in [2.75, 3.05) is 6.61 Å². The predicted octanol–water partition coefficient (Wildman–Crippen LogP) is 2.93. The van der Waals surface area contributed by atoms with Gasteiger partial charge in [0, 0.05) is 0 Å². The molecule has 0 heterocycles. The number of esters is 1. The van der Waals surface area contributed by atoms with E-state index < -0.39 is 30.8 Å². The molecule has 0 radical (unpaired) electrons. The van der Waals surface area contributed by atoms with Gasteiger partial charge in [-0.25, -0.2) is 0 Å². The number of ether oxygens (including phenoxy) is 1. The monoisotopic (exact) mass is 252 g/mol. The Hall–Kier alpha value is -0.950. The van der Waals surface area contributed by atoms with Crippen molar-refractivity contribution in [3.63, 3.8) is 0 Å². The Morgan fingerprint density at radius 1 is 1.06 bits per heavy atom. The van der Waals surface area contributed by atoms with Gasteiger partial charge in [0.05, 0.1) is 6.61 Å². The molecule has 0 bridgehead atoms. The number of hydrogen-bond donors (Lipinski definition) is 0. The summed E-state index contributed by atoms with van der Waals surface area (Å²) in [5, 5.41) is 0. The van der Waals surface area contributed by atoms with E-state index in [-0.39, 0.29) is 5.92 Å². The summed E-state index contributed by atoms with van der Waals surface area (Å²) in [5.41, 5.74) is 0. The fourth-order valence-corrected chi connectivity index (χ4v) is 0.785. The first-order valence-electron chi connectivity index (χ1n) is 4.26. The third-order valence-electron chi connectivity index (χ3n) is 1.45. The second kappa shape index (κ2) is 4.92. The van der Waals surface area contributed by atoms with E-state index in [1.54, 1.807) is 0 Å². The second-order valence-corrected chi connectivity index (χ2v) is 3.54. The van der Waals surface area contributed by atoms with Crippen LogP contribution in [0.25, 0.3) is 0 Å². The molecule has 8 heteroatoms. The summed E-state index contributed by atoms with van der Waals surface area (Å²) in [6.45, 7) is 2.49. The normalized spacial score (nSPS) is 13.4. The Labute approximate surface area is 87.6 Å². The van der Waals surface area contributed by atoms with Gasteiger partial charge in [0.25, 0.3) is 0 Å². The van der Waals surface area contributed by atoms with Crippen LogP contribution in [0.3, 0.4) is 0 Å². The van der Waals surface area contributed by atoms with Crippen LogP contribution in [0.5, 0.6) is 0 Å². The zero-order valence-corrected chi connectivity index (χ0v) is 8.45. The Bertz CT molecular complexity index is 228. The second-order valence-electron chi connectivity index (χ2n) is 3.54. The molecule has 0 fully saturated rings. The topological polar surface area (TPSA) is 26.3 Å². The smallest absolute Gasteiger partial charge is 0.411 e. The van der Waals surface area contributed by atoms with E-state index in [0.29, 0.717) is 0 Å². The minimum absolute atomic E-state index is 0.342. The number of halogens is 6. The molecule has 96 valence electrons. The van der Waals surface area contributed by atoms with Crippen LogP contribution in [0.1, 0.15) is 13.8 Å². The van der Waals surface area contributed by atoms with E-state index in [1.807, 2.05) is 0 Å². The quantitative estimate of drug-likeness (QED) is 0.570. The summed E-state index contributed by atoms with van der Waals surface area (Å²) < 4.78 is 75.8. The highest BCUT2D eigenvalue weighted by Gasteiger charge is 2.62. The average molecular weight is 252 g/mol. The highest BCUT2D eigenvalue weighted by Crippen LogP contribution is 2.39. The average Bonchev–Trinajstić information content (AvgIpc) is 1.94. The minimum atomic E-state index is -5.69.